The van der Waals surface area contributed by atoms with Crippen LogP contribution in [0.3, 0.4) is 0 Å². The topological polar surface area (TPSA) is 37.6 Å². The van der Waals surface area contributed by atoms with Crippen LogP contribution in [0.15, 0.2) is 16.7 Å². The summed E-state index contributed by atoms with van der Waals surface area (Å²) in [4.78, 5) is 20.6. The number of nitrogens with zero attached hydrogens (tertiary/aromatic N) is 3. The van der Waals surface area contributed by atoms with Gasteiger partial charge in [-0.2, -0.15) is 0 Å². The van der Waals surface area contributed by atoms with E-state index in [4.69, 9.17) is 4.98 Å². The normalized spacial score (nSPS) is 27.3. The number of hydrogen-bond acceptors (Lipinski definition) is 2. The van der Waals surface area contributed by atoms with Gasteiger partial charge in [-0.25, -0.2) is 4.98 Å². The fourth-order valence-electron chi connectivity index (χ4n) is 5.59. The van der Waals surface area contributed by atoms with E-state index in [9.17, 15) is 4.79 Å². The molecule has 2 aromatic heterocycles. The van der Waals surface area contributed by atoms with E-state index in [1.807, 2.05) is 10.6 Å². The van der Waals surface area contributed by atoms with Gasteiger partial charge in [0.1, 0.15) is 5.69 Å². The summed E-state index contributed by atoms with van der Waals surface area (Å²) < 4.78 is 2.94. The van der Waals surface area contributed by atoms with Crippen LogP contribution in [0, 0.1) is 17.8 Å². The first kappa shape index (κ1) is 18.0. The molecule has 2 unspecified atom stereocenters. The Morgan fingerprint density at radius 2 is 2.08 bits per heavy atom. The van der Waals surface area contributed by atoms with E-state index in [1.54, 1.807) is 0 Å². The lowest BCUT2D eigenvalue weighted by Crippen LogP contribution is -2.38. The number of halogens is 1. The molecule has 1 aliphatic carbocycles. The average Bonchev–Trinajstić information content (AvgIpc) is 3.00. The molecule has 0 N–H and O–H groups in total. The van der Waals surface area contributed by atoms with E-state index in [1.165, 1.54) is 6.42 Å². The van der Waals surface area contributed by atoms with E-state index in [0.717, 1.165) is 52.9 Å². The first-order chi connectivity index (χ1) is 12.1. The minimum Gasteiger partial charge on any atom is -0.334 e. The van der Waals surface area contributed by atoms with Crippen molar-refractivity contribution in [1.82, 2.24) is 14.3 Å². The van der Waals surface area contributed by atoms with Crippen LogP contribution >= 0.6 is 15.9 Å². The summed E-state index contributed by atoms with van der Waals surface area (Å²) in [7, 11) is 0. The fourth-order valence-corrected chi connectivity index (χ4v) is 6.23. The summed E-state index contributed by atoms with van der Waals surface area (Å²) in [5, 5.41) is 0. The van der Waals surface area contributed by atoms with E-state index >= 15 is 0 Å². The predicted molar refractivity (Wildman–Crippen MR) is 108 cm³/mol. The lowest BCUT2D eigenvalue weighted by Gasteiger charge is -2.39. The van der Waals surface area contributed by atoms with Gasteiger partial charge in [-0.15, -0.1) is 0 Å². The van der Waals surface area contributed by atoms with Crippen molar-refractivity contribution in [2.45, 2.75) is 66.3 Å². The zero-order valence-electron chi connectivity index (χ0n) is 16.4. The SMILES string of the molecule is CCc1nc2c(Br)cc(C)cn2c1C(=O)N1CC2(C)CC1CC(C)(C)C2. The number of fused-ring (bicyclic) bond motifs is 3. The van der Waals surface area contributed by atoms with Crippen LogP contribution in [0.2, 0.25) is 0 Å². The minimum absolute atomic E-state index is 0.151. The van der Waals surface area contributed by atoms with Crippen LogP contribution in [0.5, 0.6) is 0 Å². The summed E-state index contributed by atoms with van der Waals surface area (Å²) in [6.07, 6.45) is 6.21. The molecule has 2 fully saturated rings. The molecule has 2 aliphatic rings. The zero-order chi connectivity index (χ0) is 18.9. The molecule has 0 spiro atoms. The molecular weight excluding hydrogens is 390 g/mol. The second kappa shape index (κ2) is 5.82. The molecule has 1 amide bonds. The van der Waals surface area contributed by atoms with Crippen LogP contribution in [0.25, 0.3) is 5.65 Å². The Morgan fingerprint density at radius 1 is 1.35 bits per heavy atom. The standard InChI is InChI=1S/C21H28BrN3O/c1-6-16-17(24-10-13(2)7-15(22)18(24)23-16)19(26)25-12-21(5)9-14(25)8-20(3,4)11-21/h7,10,14H,6,8-9,11-12H2,1-5H3. The lowest BCUT2D eigenvalue weighted by molar-refractivity contribution is 0.0700. The van der Waals surface area contributed by atoms with Crippen LogP contribution in [0.4, 0.5) is 0 Å². The molecule has 2 bridgehead atoms. The summed E-state index contributed by atoms with van der Waals surface area (Å²) in [6.45, 7) is 12.0. The van der Waals surface area contributed by atoms with Crippen molar-refractivity contribution in [2.24, 2.45) is 10.8 Å². The van der Waals surface area contributed by atoms with Gasteiger partial charge < -0.3 is 4.90 Å². The Balaban J connectivity index is 1.80. The molecule has 2 aromatic rings. The molecule has 1 saturated heterocycles. The van der Waals surface area contributed by atoms with Crippen molar-refractivity contribution in [2.75, 3.05) is 6.54 Å². The Bertz CT molecular complexity index is 900. The molecule has 0 radical (unpaired) electrons. The first-order valence-electron chi connectivity index (χ1n) is 9.60. The smallest absolute Gasteiger partial charge is 0.273 e. The molecular formula is C21H28BrN3O. The van der Waals surface area contributed by atoms with Gasteiger partial charge in [-0.3, -0.25) is 9.20 Å². The predicted octanol–water partition coefficient (Wildman–Crippen LogP) is 5.01. The van der Waals surface area contributed by atoms with Crippen molar-refractivity contribution in [3.8, 4) is 0 Å². The number of carbonyl (C=O) groups excluding carboxylic acids is 1. The maximum Gasteiger partial charge on any atom is 0.273 e. The van der Waals surface area contributed by atoms with Crippen LogP contribution in [-0.2, 0) is 6.42 Å². The zero-order valence-corrected chi connectivity index (χ0v) is 18.0. The third kappa shape index (κ3) is 2.79. The quantitative estimate of drug-likeness (QED) is 0.688. The fraction of sp³-hybridized carbons (Fsp3) is 0.619. The number of imidazole rings is 1. The number of rotatable bonds is 2. The van der Waals surface area contributed by atoms with Gasteiger partial charge in [0.2, 0.25) is 0 Å². The van der Waals surface area contributed by atoms with E-state index in [0.29, 0.717) is 11.5 Å². The Labute approximate surface area is 164 Å². The van der Waals surface area contributed by atoms with E-state index in [-0.39, 0.29) is 11.3 Å². The van der Waals surface area contributed by atoms with E-state index < -0.39 is 0 Å². The largest absolute Gasteiger partial charge is 0.334 e. The number of likely N-dealkylation sites (tertiary alicyclic amines) is 1. The highest BCUT2D eigenvalue weighted by molar-refractivity contribution is 9.10. The molecule has 4 rings (SSSR count). The van der Waals surface area contributed by atoms with Gasteiger partial charge in [-0.05, 0) is 71.0 Å². The number of carbonyl (C=O) groups is 1. The summed E-state index contributed by atoms with van der Waals surface area (Å²) in [5.74, 6) is 0.151. The van der Waals surface area contributed by atoms with Crippen LogP contribution in [-0.4, -0.2) is 32.8 Å². The summed E-state index contributed by atoms with van der Waals surface area (Å²) in [5.41, 5.74) is 4.15. The van der Waals surface area contributed by atoms with E-state index in [2.05, 4.69) is 61.5 Å². The van der Waals surface area contributed by atoms with Gasteiger partial charge in [0, 0.05) is 18.8 Å². The molecule has 1 saturated carbocycles. The Morgan fingerprint density at radius 3 is 2.77 bits per heavy atom. The van der Waals surface area contributed by atoms with Gasteiger partial charge >= 0.3 is 0 Å². The third-order valence-corrected chi connectivity index (χ3v) is 6.68. The minimum atomic E-state index is 0.151. The van der Waals surface area contributed by atoms with Crippen molar-refractivity contribution < 1.29 is 4.79 Å². The van der Waals surface area contributed by atoms with Crippen molar-refractivity contribution in [3.63, 3.8) is 0 Å². The highest BCUT2D eigenvalue weighted by Gasteiger charge is 2.51. The van der Waals surface area contributed by atoms with Crippen LogP contribution < -0.4 is 0 Å². The highest BCUT2D eigenvalue weighted by atomic mass is 79.9. The number of aryl methyl sites for hydroxylation is 2. The Kier molecular flexibility index (Phi) is 4.03. The average molecular weight is 418 g/mol. The molecule has 0 aromatic carbocycles. The third-order valence-electron chi connectivity index (χ3n) is 6.10. The summed E-state index contributed by atoms with van der Waals surface area (Å²) >= 11 is 3.62. The lowest BCUT2D eigenvalue weighted by atomic mass is 9.65. The number of pyridine rings is 1. The summed E-state index contributed by atoms with van der Waals surface area (Å²) in [6, 6.07) is 2.40. The van der Waals surface area contributed by atoms with Gasteiger partial charge in [0.25, 0.3) is 5.91 Å². The first-order valence-corrected chi connectivity index (χ1v) is 10.4. The second-order valence-electron chi connectivity index (χ2n) is 9.47. The van der Waals surface area contributed by atoms with Gasteiger partial charge in [0.05, 0.1) is 10.2 Å². The number of aromatic nitrogens is 2. The van der Waals surface area contributed by atoms with Gasteiger partial charge in [-0.1, -0.05) is 27.7 Å². The van der Waals surface area contributed by atoms with Crippen LogP contribution in [0.1, 0.15) is 68.7 Å². The highest BCUT2D eigenvalue weighted by Crippen LogP contribution is 2.52. The molecule has 1 aliphatic heterocycles. The number of hydrogen-bond donors (Lipinski definition) is 0. The molecule has 2 atom stereocenters. The number of amides is 1. The molecule has 3 heterocycles. The van der Waals surface area contributed by atoms with Gasteiger partial charge in [0.15, 0.2) is 5.65 Å². The second-order valence-corrected chi connectivity index (χ2v) is 10.3. The molecule has 4 nitrogen and oxygen atoms in total. The van der Waals surface area contributed by atoms with Crippen molar-refractivity contribution in [1.29, 1.82) is 0 Å². The monoisotopic (exact) mass is 417 g/mol. The van der Waals surface area contributed by atoms with Crippen molar-refractivity contribution >= 4 is 27.5 Å². The van der Waals surface area contributed by atoms with Crippen molar-refractivity contribution in [3.05, 3.63) is 33.7 Å². The molecule has 5 heteroatoms. The maximum absolute atomic E-state index is 13.7. The molecule has 26 heavy (non-hydrogen) atoms. The maximum atomic E-state index is 13.7. The molecule has 140 valence electrons. The Hall–Kier alpha value is -1.36.